The molecule has 0 bridgehead atoms. The SMILES string of the molecule is CCOC1CC(N)(C(=O)Nc2cccc(NC(=O)c3ccoc3)c2)C1(C)C. The van der Waals surface area contributed by atoms with Crippen molar-refractivity contribution in [2.24, 2.45) is 11.1 Å². The Labute approximate surface area is 158 Å². The standard InChI is InChI=1S/C20H25N3O4/c1-4-27-16-11-20(21,19(16,2)3)18(25)23-15-7-5-6-14(10-15)22-17(24)13-8-9-26-12-13/h5-10,12,16H,4,11,21H2,1-3H3,(H,22,24)(H,23,25). The van der Waals surface area contributed by atoms with Crippen LogP contribution in [0.3, 0.4) is 0 Å². The molecular formula is C20H25N3O4. The van der Waals surface area contributed by atoms with Crippen LogP contribution in [0.25, 0.3) is 0 Å². The molecule has 1 heterocycles. The van der Waals surface area contributed by atoms with Gasteiger partial charge in [-0.3, -0.25) is 9.59 Å². The number of carbonyl (C=O) groups excluding carboxylic acids is 2. The number of anilines is 2. The van der Waals surface area contributed by atoms with Gasteiger partial charge < -0.3 is 25.5 Å². The number of hydrogen-bond donors (Lipinski definition) is 3. The highest BCUT2D eigenvalue weighted by atomic mass is 16.5. The fourth-order valence-corrected chi connectivity index (χ4v) is 3.33. The Bertz CT molecular complexity index is 832. The van der Waals surface area contributed by atoms with Crippen molar-refractivity contribution in [3.63, 3.8) is 0 Å². The van der Waals surface area contributed by atoms with Crippen molar-refractivity contribution in [1.82, 2.24) is 0 Å². The third kappa shape index (κ3) is 3.48. The van der Waals surface area contributed by atoms with E-state index in [1.807, 2.05) is 20.8 Å². The van der Waals surface area contributed by atoms with E-state index in [0.717, 1.165) is 0 Å². The van der Waals surface area contributed by atoms with E-state index >= 15 is 0 Å². The van der Waals surface area contributed by atoms with E-state index in [1.54, 1.807) is 30.3 Å². The van der Waals surface area contributed by atoms with Gasteiger partial charge in [0.15, 0.2) is 0 Å². The molecule has 3 rings (SSSR count). The lowest BCUT2D eigenvalue weighted by Gasteiger charge is -2.57. The second kappa shape index (κ2) is 7.17. The van der Waals surface area contributed by atoms with Crippen molar-refractivity contribution in [3.05, 3.63) is 48.4 Å². The normalized spacial score (nSPS) is 23.3. The number of furan rings is 1. The van der Waals surface area contributed by atoms with Gasteiger partial charge >= 0.3 is 0 Å². The second-order valence-electron chi connectivity index (χ2n) is 7.34. The molecule has 2 amide bonds. The highest BCUT2D eigenvalue weighted by molar-refractivity contribution is 6.05. The fraction of sp³-hybridized carbons (Fsp3) is 0.400. The largest absolute Gasteiger partial charge is 0.472 e. The number of amides is 2. The van der Waals surface area contributed by atoms with Crippen LogP contribution in [0.2, 0.25) is 0 Å². The molecule has 0 radical (unpaired) electrons. The van der Waals surface area contributed by atoms with Gasteiger partial charge in [-0.25, -0.2) is 0 Å². The van der Waals surface area contributed by atoms with Gasteiger partial charge in [0.25, 0.3) is 5.91 Å². The van der Waals surface area contributed by atoms with Crippen LogP contribution >= 0.6 is 0 Å². The van der Waals surface area contributed by atoms with Crippen molar-refractivity contribution in [3.8, 4) is 0 Å². The minimum atomic E-state index is -1.01. The molecule has 0 spiro atoms. The van der Waals surface area contributed by atoms with Gasteiger partial charge in [0.1, 0.15) is 11.8 Å². The molecule has 27 heavy (non-hydrogen) atoms. The van der Waals surface area contributed by atoms with Gasteiger partial charge in [0.2, 0.25) is 5.91 Å². The summed E-state index contributed by atoms with van der Waals surface area (Å²) >= 11 is 0. The number of carbonyl (C=O) groups is 2. The van der Waals surface area contributed by atoms with Crippen LogP contribution in [0.5, 0.6) is 0 Å². The van der Waals surface area contributed by atoms with Crippen molar-refractivity contribution in [1.29, 1.82) is 0 Å². The summed E-state index contributed by atoms with van der Waals surface area (Å²) in [5, 5.41) is 5.62. The van der Waals surface area contributed by atoms with Crippen LogP contribution < -0.4 is 16.4 Å². The van der Waals surface area contributed by atoms with E-state index in [0.29, 0.717) is 30.0 Å². The Hall–Kier alpha value is -2.64. The molecule has 1 aromatic heterocycles. The molecule has 4 N–H and O–H groups in total. The Balaban J connectivity index is 1.68. The lowest BCUT2D eigenvalue weighted by molar-refractivity contribution is -0.166. The molecule has 1 fully saturated rings. The molecule has 144 valence electrons. The first kappa shape index (κ1) is 19.1. The molecule has 2 aromatic rings. The van der Waals surface area contributed by atoms with Crippen LogP contribution in [0.4, 0.5) is 11.4 Å². The molecular weight excluding hydrogens is 346 g/mol. The molecule has 2 unspecified atom stereocenters. The summed E-state index contributed by atoms with van der Waals surface area (Å²) in [5.41, 5.74) is 6.46. The number of ether oxygens (including phenoxy) is 1. The second-order valence-corrected chi connectivity index (χ2v) is 7.34. The predicted octanol–water partition coefficient (Wildman–Crippen LogP) is 3.00. The van der Waals surface area contributed by atoms with Gasteiger partial charge in [-0.1, -0.05) is 19.9 Å². The Kier molecular flexibility index (Phi) is 5.08. The zero-order chi connectivity index (χ0) is 19.7. The maximum atomic E-state index is 12.8. The maximum absolute atomic E-state index is 12.8. The molecule has 1 aliphatic rings. The molecule has 1 aromatic carbocycles. The van der Waals surface area contributed by atoms with Crippen LogP contribution in [-0.4, -0.2) is 30.1 Å². The van der Waals surface area contributed by atoms with Crippen molar-refractivity contribution < 1.29 is 18.7 Å². The van der Waals surface area contributed by atoms with Crippen LogP contribution in [0.1, 0.15) is 37.6 Å². The molecule has 7 nitrogen and oxygen atoms in total. The number of benzene rings is 1. The lowest BCUT2D eigenvalue weighted by atomic mass is 9.54. The minimum absolute atomic E-state index is 0.0427. The summed E-state index contributed by atoms with van der Waals surface area (Å²) in [6, 6.07) is 8.50. The average molecular weight is 371 g/mol. The first-order valence-corrected chi connectivity index (χ1v) is 8.93. The van der Waals surface area contributed by atoms with Gasteiger partial charge in [-0.05, 0) is 31.2 Å². The van der Waals surface area contributed by atoms with Crippen molar-refractivity contribution in [2.45, 2.75) is 38.8 Å². The predicted molar refractivity (Wildman–Crippen MR) is 102 cm³/mol. The van der Waals surface area contributed by atoms with E-state index < -0.39 is 11.0 Å². The summed E-state index contributed by atoms with van der Waals surface area (Å²) in [7, 11) is 0. The molecule has 0 saturated heterocycles. The highest BCUT2D eigenvalue weighted by Gasteiger charge is 2.62. The van der Waals surface area contributed by atoms with E-state index in [1.165, 1.54) is 12.5 Å². The van der Waals surface area contributed by atoms with Crippen LogP contribution in [0.15, 0.2) is 47.3 Å². The first-order valence-electron chi connectivity index (χ1n) is 8.93. The molecule has 7 heteroatoms. The summed E-state index contributed by atoms with van der Waals surface area (Å²) in [6.45, 7) is 6.40. The van der Waals surface area contributed by atoms with Crippen LogP contribution in [-0.2, 0) is 9.53 Å². The maximum Gasteiger partial charge on any atom is 0.258 e. The van der Waals surface area contributed by atoms with E-state index in [2.05, 4.69) is 10.6 Å². The van der Waals surface area contributed by atoms with Gasteiger partial charge in [0.05, 0.1) is 17.9 Å². The van der Waals surface area contributed by atoms with Crippen LogP contribution in [0, 0.1) is 5.41 Å². The Morgan fingerprint density at radius 2 is 1.96 bits per heavy atom. The third-order valence-electron chi connectivity index (χ3n) is 5.40. The van der Waals surface area contributed by atoms with E-state index in [4.69, 9.17) is 14.9 Å². The highest BCUT2D eigenvalue weighted by Crippen LogP contribution is 2.50. The molecule has 2 atom stereocenters. The summed E-state index contributed by atoms with van der Waals surface area (Å²) in [5.74, 6) is -0.552. The summed E-state index contributed by atoms with van der Waals surface area (Å²) < 4.78 is 10.6. The van der Waals surface area contributed by atoms with E-state index in [-0.39, 0.29) is 17.9 Å². The smallest absolute Gasteiger partial charge is 0.258 e. The van der Waals surface area contributed by atoms with Gasteiger partial charge in [0, 0.05) is 29.8 Å². The van der Waals surface area contributed by atoms with Gasteiger partial charge in [-0.15, -0.1) is 0 Å². The number of hydrogen-bond acceptors (Lipinski definition) is 5. The quantitative estimate of drug-likeness (QED) is 0.724. The number of nitrogens with two attached hydrogens (primary N) is 1. The fourth-order valence-electron chi connectivity index (χ4n) is 3.33. The van der Waals surface area contributed by atoms with E-state index in [9.17, 15) is 9.59 Å². The zero-order valence-corrected chi connectivity index (χ0v) is 15.7. The van der Waals surface area contributed by atoms with Crippen molar-refractivity contribution in [2.75, 3.05) is 17.2 Å². The zero-order valence-electron chi connectivity index (χ0n) is 15.7. The third-order valence-corrected chi connectivity index (χ3v) is 5.40. The number of rotatable bonds is 6. The van der Waals surface area contributed by atoms with Gasteiger partial charge in [-0.2, -0.15) is 0 Å². The summed E-state index contributed by atoms with van der Waals surface area (Å²) in [6.07, 6.45) is 3.23. The average Bonchev–Trinajstić information content (AvgIpc) is 3.16. The topological polar surface area (TPSA) is 107 Å². The first-order chi connectivity index (χ1) is 12.8. The number of nitrogens with one attached hydrogen (secondary N) is 2. The Morgan fingerprint density at radius 1 is 1.26 bits per heavy atom. The summed E-state index contributed by atoms with van der Waals surface area (Å²) in [4.78, 5) is 24.9. The lowest BCUT2D eigenvalue weighted by Crippen LogP contribution is -2.74. The molecule has 0 aliphatic heterocycles. The van der Waals surface area contributed by atoms with Crippen molar-refractivity contribution >= 4 is 23.2 Å². The molecule has 1 saturated carbocycles. The Morgan fingerprint density at radius 3 is 2.56 bits per heavy atom. The monoisotopic (exact) mass is 371 g/mol. The minimum Gasteiger partial charge on any atom is -0.472 e. The molecule has 1 aliphatic carbocycles.